The van der Waals surface area contributed by atoms with E-state index in [2.05, 4.69) is 32.7 Å². The smallest absolute Gasteiger partial charge is 0.134 e. The van der Waals surface area contributed by atoms with Crippen molar-refractivity contribution in [2.24, 2.45) is 0 Å². The fourth-order valence-corrected chi connectivity index (χ4v) is 0.965. The molecule has 2 nitrogen and oxygen atoms in total. The van der Waals surface area contributed by atoms with Gasteiger partial charge in [0.2, 0.25) is 0 Å². The fourth-order valence-electron chi connectivity index (χ4n) is 0.965. The maximum atomic E-state index is 11.2. The lowest BCUT2D eigenvalue weighted by molar-refractivity contribution is -0.118. The Hall–Kier alpha value is -0.630. The predicted octanol–water partition coefficient (Wildman–Crippen LogP) is 2.30. The van der Waals surface area contributed by atoms with Gasteiger partial charge in [-0.05, 0) is 27.2 Å². The minimum atomic E-state index is 0.110. The second kappa shape index (κ2) is 5.92. The summed E-state index contributed by atoms with van der Waals surface area (Å²) in [4.78, 5) is 11.2. The molecule has 0 aromatic heterocycles. The van der Waals surface area contributed by atoms with Gasteiger partial charge in [-0.3, -0.25) is 4.79 Å². The number of hydrogen-bond acceptors (Lipinski definition) is 2. The molecule has 0 aromatic carbocycles. The third kappa shape index (κ3) is 9.28. The van der Waals surface area contributed by atoms with Gasteiger partial charge in [-0.2, -0.15) is 0 Å². The van der Waals surface area contributed by atoms with E-state index in [-0.39, 0.29) is 5.54 Å². The van der Waals surface area contributed by atoms with Gasteiger partial charge >= 0.3 is 0 Å². The van der Waals surface area contributed by atoms with Crippen molar-refractivity contribution in [1.82, 2.24) is 5.32 Å². The van der Waals surface area contributed by atoms with Crippen molar-refractivity contribution in [1.29, 1.82) is 0 Å². The SMILES string of the molecule is C=CCCC(=O)CCNC(C)(C)C. The van der Waals surface area contributed by atoms with Gasteiger partial charge in [0.15, 0.2) is 0 Å². The van der Waals surface area contributed by atoms with Crippen molar-refractivity contribution in [2.45, 2.75) is 45.6 Å². The van der Waals surface area contributed by atoms with Gasteiger partial charge in [0.05, 0.1) is 0 Å². The molecule has 0 fully saturated rings. The summed E-state index contributed by atoms with van der Waals surface area (Å²) < 4.78 is 0. The summed E-state index contributed by atoms with van der Waals surface area (Å²) in [6, 6.07) is 0. The predicted molar refractivity (Wildman–Crippen MR) is 56.8 cm³/mol. The van der Waals surface area contributed by atoms with Gasteiger partial charge in [0, 0.05) is 24.9 Å². The van der Waals surface area contributed by atoms with E-state index < -0.39 is 0 Å². The van der Waals surface area contributed by atoms with Crippen LogP contribution in [0.25, 0.3) is 0 Å². The fraction of sp³-hybridized carbons (Fsp3) is 0.727. The molecule has 0 amide bonds. The molecule has 0 radical (unpaired) electrons. The highest BCUT2D eigenvalue weighted by Gasteiger charge is 2.08. The zero-order valence-electron chi connectivity index (χ0n) is 9.02. The molecular formula is C11H21NO. The van der Waals surface area contributed by atoms with E-state index in [1.165, 1.54) is 0 Å². The number of Topliss-reactive ketones (excluding diaryl/α,β-unsaturated/α-hetero) is 1. The van der Waals surface area contributed by atoms with Crippen molar-refractivity contribution in [3.05, 3.63) is 12.7 Å². The van der Waals surface area contributed by atoms with E-state index in [1.807, 2.05) is 0 Å². The van der Waals surface area contributed by atoms with Crippen molar-refractivity contribution in [2.75, 3.05) is 6.54 Å². The normalized spacial score (nSPS) is 11.3. The third-order valence-electron chi connectivity index (χ3n) is 1.69. The quantitative estimate of drug-likeness (QED) is 0.640. The van der Waals surface area contributed by atoms with Crippen molar-refractivity contribution in [3.63, 3.8) is 0 Å². The highest BCUT2D eigenvalue weighted by atomic mass is 16.1. The second-order valence-electron chi connectivity index (χ2n) is 4.29. The van der Waals surface area contributed by atoms with Crippen LogP contribution in [-0.2, 0) is 4.79 Å². The van der Waals surface area contributed by atoms with Crippen LogP contribution in [0.15, 0.2) is 12.7 Å². The molecular weight excluding hydrogens is 162 g/mol. The zero-order valence-corrected chi connectivity index (χ0v) is 9.02. The molecule has 0 aliphatic carbocycles. The summed E-state index contributed by atoms with van der Waals surface area (Å²) in [5.41, 5.74) is 0.110. The average Bonchev–Trinajstić information content (AvgIpc) is 1.98. The van der Waals surface area contributed by atoms with Gasteiger partial charge < -0.3 is 5.32 Å². The van der Waals surface area contributed by atoms with Crippen molar-refractivity contribution in [3.8, 4) is 0 Å². The molecule has 0 saturated carbocycles. The van der Waals surface area contributed by atoms with Crippen LogP contribution in [-0.4, -0.2) is 17.9 Å². The summed E-state index contributed by atoms with van der Waals surface area (Å²) in [6.45, 7) is 10.7. The molecule has 0 atom stereocenters. The molecule has 2 heteroatoms. The molecule has 0 saturated heterocycles. The van der Waals surface area contributed by atoms with Gasteiger partial charge in [0.25, 0.3) is 0 Å². The Kier molecular flexibility index (Phi) is 5.63. The van der Waals surface area contributed by atoms with E-state index in [0.717, 1.165) is 13.0 Å². The zero-order chi connectivity index (χ0) is 10.3. The van der Waals surface area contributed by atoms with Crippen LogP contribution in [0, 0.1) is 0 Å². The van der Waals surface area contributed by atoms with Gasteiger partial charge in [-0.15, -0.1) is 6.58 Å². The topological polar surface area (TPSA) is 29.1 Å². The van der Waals surface area contributed by atoms with E-state index in [4.69, 9.17) is 0 Å². The lowest BCUT2D eigenvalue weighted by Gasteiger charge is -2.19. The summed E-state index contributed by atoms with van der Waals surface area (Å²) in [5, 5.41) is 3.28. The monoisotopic (exact) mass is 183 g/mol. The largest absolute Gasteiger partial charge is 0.312 e. The lowest BCUT2D eigenvalue weighted by Crippen LogP contribution is -2.37. The number of hydrogen-bond donors (Lipinski definition) is 1. The van der Waals surface area contributed by atoms with Gasteiger partial charge in [0.1, 0.15) is 5.78 Å². The third-order valence-corrected chi connectivity index (χ3v) is 1.69. The standard InChI is InChI=1S/C11H21NO/c1-5-6-7-10(13)8-9-12-11(2,3)4/h5,12H,1,6-9H2,2-4H3. The summed E-state index contributed by atoms with van der Waals surface area (Å²) in [5.74, 6) is 0.316. The molecule has 0 bridgehead atoms. The molecule has 0 aliphatic heterocycles. The van der Waals surface area contributed by atoms with Crippen LogP contribution in [0.1, 0.15) is 40.0 Å². The Labute approximate surface area is 81.4 Å². The van der Waals surface area contributed by atoms with E-state index in [9.17, 15) is 4.79 Å². The Morgan fingerprint density at radius 1 is 1.38 bits per heavy atom. The van der Waals surface area contributed by atoms with Crippen LogP contribution in [0.2, 0.25) is 0 Å². The van der Waals surface area contributed by atoms with Crippen LogP contribution in [0.5, 0.6) is 0 Å². The molecule has 0 unspecified atom stereocenters. The van der Waals surface area contributed by atoms with Crippen LogP contribution < -0.4 is 5.32 Å². The second-order valence-corrected chi connectivity index (χ2v) is 4.29. The van der Waals surface area contributed by atoms with Crippen LogP contribution in [0.3, 0.4) is 0 Å². The number of nitrogens with one attached hydrogen (secondary N) is 1. The molecule has 0 aliphatic rings. The minimum Gasteiger partial charge on any atom is -0.312 e. The Balaban J connectivity index is 3.42. The number of rotatable bonds is 6. The Morgan fingerprint density at radius 3 is 2.46 bits per heavy atom. The Bertz CT molecular complexity index is 167. The molecule has 1 N–H and O–H groups in total. The number of ketones is 1. The maximum absolute atomic E-state index is 11.2. The highest BCUT2D eigenvalue weighted by molar-refractivity contribution is 5.78. The molecule has 0 aromatic rings. The molecule has 0 spiro atoms. The highest BCUT2D eigenvalue weighted by Crippen LogP contribution is 2.00. The minimum absolute atomic E-state index is 0.110. The Morgan fingerprint density at radius 2 is 2.00 bits per heavy atom. The maximum Gasteiger partial charge on any atom is 0.134 e. The number of carbonyl (C=O) groups is 1. The first-order valence-corrected chi connectivity index (χ1v) is 4.83. The summed E-state index contributed by atoms with van der Waals surface area (Å²) >= 11 is 0. The van der Waals surface area contributed by atoms with Crippen LogP contribution in [0.4, 0.5) is 0 Å². The first-order chi connectivity index (χ1) is 5.95. The average molecular weight is 183 g/mol. The van der Waals surface area contributed by atoms with Gasteiger partial charge in [-0.1, -0.05) is 6.08 Å². The molecule has 13 heavy (non-hydrogen) atoms. The summed E-state index contributed by atoms with van der Waals surface area (Å²) in [6.07, 6.45) is 3.85. The van der Waals surface area contributed by atoms with E-state index >= 15 is 0 Å². The number of allylic oxidation sites excluding steroid dienone is 1. The van der Waals surface area contributed by atoms with Crippen molar-refractivity contribution < 1.29 is 4.79 Å². The molecule has 76 valence electrons. The van der Waals surface area contributed by atoms with Crippen molar-refractivity contribution >= 4 is 5.78 Å². The number of carbonyl (C=O) groups excluding carboxylic acids is 1. The van der Waals surface area contributed by atoms with E-state index in [0.29, 0.717) is 18.6 Å². The van der Waals surface area contributed by atoms with Gasteiger partial charge in [-0.25, -0.2) is 0 Å². The first-order valence-electron chi connectivity index (χ1n) is 4.83. The molecule has 0 heterocycles. The van der Waals surface area contributed by atoms with E-state index in [1.54, 1.807) is 6.08 Å². The van der Waals surface area contributed by atoms with Crippen LogP contribution >= 0.6 is 0 Å². The first kappa shape index (κ1) is 12.4. The molecule has 0 rings (SSSR count). The summed E-state index contributed by atoms with van der Waals surface area (Å²) in [7, 11) is 0. The lowest BCUT2D eigenvalue weighted by atomic mass is 10.1.